The maximum Gasteiger partial charge on any atom is 0.0500 e. The maximum atomic E-state index is 5.41. The second kappa shape index (κ2) is 7.99. The Morgan fingerprint density at radius 2 is 2.22 bits per heavy atom. The van der Waals surface area contributed by atoms with E-state index in [4.69, 9.17) is 16.3 Å². The van der Waals surface area contributed by atoms with Gasteiger partial charge in [-0.15, -0.1) is 18.2 Å². The highest BCUT2D eigenvalue weighted by Crippen LogP contribution is 1.88. The molecule has 0 saturated carbocycles. The van der Waals surface area contributed by atoms with E-state index < -0.39 is 0 Å². The van der Waals surface area contributed by atoms with Crippen LogP contribution in [0.25, 0.3) is 0 Å². The van der Waals surface area contributed by atoms with Crippen LogP contribution in [0, 0.1) is 0 Å². The predicted octanol–water partition coefficient (Wildman–Crippen LogP) is 2.21. The van der Waals surface area contributed by atoms with Crippen LogP contribution in [0.5, 0.6) is 0 Å². The van der Waals surface area contributed by atoms with Crippen LogP contribution in [0.4, 0.5) is 0 Å². The number of halogens is 1. The molecule has 0 N–H and O–H groups in total. The van der Waals surface area contributed by atoms with Gasteiger partial charge in [0.15, 0.2) is 0 Å². The minimum atomic E-state index is 0.689. The average Bonchev–Trinajstić information content (AvgIpc) is 1.89. The van der Waals surface area contributed by atoms with E-state index in [1.54, 1.807) is 0 Å². The van der Waals surface area contributed by atoms with Gasteiger partial charge in [-0.05, 0) is 12.8 Å². The fraction of sp³-hybridized carbons (Fsp3) is 0.714. The molecule has 0 atom stereocenters. The number of hydrogen-bond donors (Lipinski definition) is 0. The van der Waals surface area contributed by atoms with Crippen molar-refractivity contribution in [2.45, 2.75) is 12.8 Å². The van der Waals surface area contributed by atoms with Gasteiger partial charge in [-0.1, -0.05) is 6.08 Å². The van der Waals surface area contributed by atoms with Crippen molar-refractivity contribution in [3.8, 4) is 0 Å². The third-order valence-electron chi connectivity index (χ3n) is 0.889. The van der Waals surface area contributed by atoms with Crippen molar-refractivity contribution >= 4 is 11.6 Å². The standard InChI is InChI=1S/C7H13ClO/c1-2-3-6-9-7-4-5-8/h2H,1,3-7H2. The number of ether oxygens (including phenoxy) is 1. The Labute approximate surface area is 61.7 Å². The molecule has 0 radical (unpaired) electrons. The molecule has 0 aliphatic heterocycles. The maximum absolute atomic E-state index is 5.41. The summed E-state index contributed by atoms with van der Waals surface area (Å²) in [5, 5.41) is 0. The lowest BCUT2D eigenvalue weighted by Crippen LogP contribution is -1.95. The van der Waals surface area contributed by atoms with E-state index in [0.29, 0.717) is 5.88 Å². The second-order valence-corrected chi connectivity index (χ2v) is 2.11. The van der Waals surface area contributed by atoms with Gasteiger partial charge in [0.1, 0.15) is 0 Å². The Kier molecular flexibility index (Phi) is 7.98. The molecule has 0 heterocycles. The molecule has 0 saturated heterocycles. The first-order valence-corrected chi connectivity index (χ1v) is 3.70. The summed E-state index contributed by atoms with van der Waals surface area (Å²) in [6.45, 7) is 5.13. The van der Waals surface area contributed by atoms with E-state index in [9.17, 15) is 0 Å². The number of rotatable bonds is 6. The first kappa shape index (κ1) is 8.99. The van der Waals surface area contributed by atoms with Gasteiger partial charge >= 0.3 is 0 Å². The van der Waals surface area contributed by atoms with E-state index in [0.717, 1.165) is 26.1 Å². The topological polar surface area (TPSA) is 9.23 Å². The summed E-state index contributed by atoms with van der Waals surface area (Å²) in [6, 6.07) is 0. The molecule has 1 nitrogen and oxygen atoms in total. The van der Waals surface area contributed by atoms with Gasteiger partial charge in [0.05, 0.1) is 0 Å². The molecule has 0 bridgehead atoms. The highest BCUT2D eigenvalue weighted by molar-refractivity contribution is 6.17. The van der Waals surface area contributed by atoms with E-state index in [1.165, 1.54) is 0 Å². The molecule has 0 aromatic heterocycles. The lowest BCUT2D eigenvalue weighted by atomic mass is 10.4. The molecule has 0 aromatic rings. The Morgan fingerprint density at radius 1 is 1.44 bits per heavy atom. The van der Waals surface area contributed by atoms with Crippen LogP contribution in [0.1, 0.15) is 12.8 Å². The van der Waals surface area contributed by atoms with Crippen molar-refractivity contribution in [3.63, 3.8) is 0 Å². The van der Waals surface area contributed by atoms with Crippen LogP contribution >= 0.6 is 11.6 Å². The molecule has 0 amide bonds. The molecular formula is C7H13ClO. The summed E-state index contributed by atoms with van der Waals surface area (Å²) in [4.78, 5) is 0. The Morgan fingerprint density at radius 3 is 2.78 bits per heavy atom. The largest absolute Gasteiger partial charge is 0.381 e. The summed E-state index contributed by atoms with van der Waals surface area (Å²) in [7, 11) is 0. The number of hydrogen-bond acceptors (Lipinski definition) is 1. The quantitative estimate of drug-likeness (QED) is 0.319. The Hall–Kier alpha value is -0.0100. The average molecular weight is 149 g/mol. The number of alkyl halides is 1. The zero-order valence-corrected chi connectivity index (χ0v) is 6.36. The van der Waals surface area contributed by atoms with Crippen LogP contribution in [0.2, 0.25) is 0 Å². The van der Waals surface area contributed by atoms with Crippen molar-refractivity contribution in [1.82, 2.24) is 0 Å². The smallest absolute Gasteiger partial charge is 0.0500 e. The van der Waals surface area contributed by atoms with E-state index >= 15 is 0 Å². The molecule has 0 aromatic carbocycles. The summed E-state index contributed by atoms with van der Waals surface area (Å²) in [6.07, 6.45) is 3.72. The minimum Gasteiger partial charge on any atom is -0.381 e. The van der Waals surface area contributed by atoms with E-state index in [-0.39, 0.29) is 0 Å². The third-order valence-corrected chi connectivity index (χ3v) is 1.16. The summed E-state index contributed by atoms with van der Waals surface area (Å²) < 4.78 is 5.16. The van der Waals surface area contributed by atoms with Gasteiger partial charge in [0.25, 0.3) is 0 Å². The predicted molar refractivity (Wildman–Crippen MR) is 41.0 cm³/mol. The van der Waals surface area contributed by atoms with Gasteiger partial charge in [0.2, 0.25) is 0 Å². The van der Waals surface area contributed by atoms with Gasteiger partial charge in [-0.3, -0.25) is 0 Å². The highest BCUT2D eigenvalue weighted by atomic mass is 35.5. The molecular weight excluding hydrogens is 136 g/mol. The van der Waals surface area contributed by atoms with Crippen molar-refractivity contribution in [2.24, 2.45) is 0 Å². The Balaban J connectivity index is 2.66. The van der Waals surface area contributed by atoms with Crippen LogP contribution in [0.3, 0.4) is 0 Å². The molecule has 0 fully saturated rings. The van der Waals surface area contributed by atoms with E-state index in [1.807, 2.05) is 6.08 Å². The van der Waals surface area contributed by atoms with Crippen LogP contribution in [-0.2, 0) is 4.74 Å². The Bertz CT molecular complexity index is 63.9. The van der Waals surface area contributed by atoms with Crippen molar-refractivity contribution in [2.75, 3.05) is 19.1 Å². The lowest BCUT2D eigenvalue weighted by molar-refractivity contribution is 0.140. The summed E-state index contributed by atoms with van der Waals surface area (Å²) in [5.41, 5.74) is 0. The van der Waals surface area contributed by atoms with Gasteiger partial charge in [-0.2, -0.15) is 0 Å². The van der Waals surface area contributed by atoms with Crippen molar-refractivity contribution in [1.29, 1.82) is 0 Å². The molecule has 0 spiro atoms. The van der Waals surface area contributed by atoms with Gasteiger partial charge in [-0.25, -0.2) is 0 Å². The van der Waals surface area contributed by atoms with Crippen LogP contribution in [0.15, 0.2) is 12.7 Å². The zero-order valence-electron chi connectivity index (χ0n) is 5.61. The molecule has 2 heteroatoms. The van der Waals surface area contributed by atoms with Gasteiger partial charge < -0.3 is 4.74 Å². The highest BCUT2D eigenvalue weighted by Gasteiger charge is 1.83. The molecule has 0 aliphatic rings. The SMILES string of the molecule is C=CCCOCCCCl. The first-order valence-electron chi connectivity index (χ1n) is 3.16. The molecule has 9 heavy (non-hydrogen) atoms. The third kappa shape index (κ3) is 7.99. The lowest BCUT2D eigenvalue weighted by Gasteiger charge is -1.97. The fourth-order valence-electron chi connectivity index (χ4n) is 0.425. The zero-order chi connectivity index (χ0) is 6.95. The molecule has 0 unspecified atom stereocenters. The minimum absolute atomic E-state index is 0.689. The fourth-order valence-corrected chi connectivity index (χ4v) is 0.534. The van der Waals surface area contributed by atoms with E-state index in [2.05, 4.69) is 6.58 Å². The first-order chi connectivity index (χ1) is 4.41. The van der Waals surface area contributed by atoms with Crippen LogP contribution < -0.4 is 0 Å². The van der Waals surface area contributed by atoms with Crippen LogP contribution in [-0.4, -0.2) is 19.1 Å². The molecule has 54 valence electrons. The van der Waals surface area contributed by atoms with Crippen molar-refractivity contribution in [3.05, 3.63) is 12.7 Å². The summed E-state index contributed by atoms with van der Waals surface area (Å²) in [5.74, 6) is 0.689. The second-order valence-electron chi connectivity index (χ2n) is 1.73. The monoisotopic (exact) mass is 148 g/mol. The molecule has 0 aliphatic carbocycles. The van der Waals surface area contributed by atoms with Crippen molar-refractivity contribution < 1.29 is 4.74 Å². The summed E-state index contributed by atoms with van der Waals surface area (Å²) >= 11 is 5.41. The normalized spacial score (nSPS) is 9.44. The van der Waals surface area contributed by atoms with Gasteiger partial charge in [0, 0.05) is 19.1 Å². The molecule has 0 rings (SSSR count).